The number of nitrogens with one attached hydrogen (secondary N) is 2. The van der Waals surface area contributed by atoms with Crippen LogP contribution in [0.3, 0.4) is 0 Å². The van der Waals surface area contributed by atoms with Gasteiger partial charge < -0.3 is 5.32 Å². The zero-order chi connectivity index (χ0) is 21.8. The van der Waals surface area contributed by atoms with E-state index in [2.05, 4.69) is 15.0 Å². The van der Waals surface area contributed by atoms with Crippen LogP contribution in [0.5, 0.6) is 0 Å². The Kier molecular flexibility index (Phi) is 6.03. The summed E-state index contributed by atoms with van der Waals surface area (Å²) in [5.41, 5.74) is 1.33. The smallest absolute Gasteiger partial charge is 0.267 e. The summed E-state index contributed by atoms with van der Waals surface area (Å²) in [6, 6.07) is 21.9. The molecule has 0 fully saturated rings. The van der Waals surface area contributed by atoms with E-state index >= 15 is 0 Å². The summed E-state index contributed by atoms with van der Waals surface area (Å²) < 4.78 is 27.8. The number of carbonyl (C=O) groups is 1. The molecule has 1 heterocycles. The van der Waals surface area contributed by atoms with Gasteiger partial charge in [0.2, 0.25) is 0 Å². The summed E-state index contributed by atoms with van der Waals surface area (Å²) in [6.45, 7) is 0. The Bertz CT molecular complexity index is 1340. The van der Waals surface area contributed by atoms with Gasteiger partial charge in [0.05, 0.1) is 27.5 Å². The molecule has 2 N–H and O–H groups in total. The summed E-state index contributed by atoms with van der Waals surface area (Å²) in [5.74, 6) is -0.401. The number of sulfonamides is 1. The first-order valence-corrected chi connectivity index (χ1v) is 11.8. The van der Waals surface area contributed by atoms with Crippen molar-refractivity contribution in [3.63, 3.8) is 0 Å². The first-order chi connectivity index (χ1) is 14.9. The van der Waals surface area contributed by atoms with E-state index in [4.69, 9.17) is 11.6 Å². The van der Waals surface area contributed by atoms with Gasteiger partial charge in [-0.1, -0.05) is 60.1 Å². The molecule has 6 nitrogen and oxygen atoms in total. The molecule has 9 heteroatoms. The van der Waals surface area contributed by atoms with E-state index < -0.39 is 15.9 Å². The predicted octanol–water partition coefficient (Wildman–Crippen LogP) is 5.52. The van der Waals surface area contributed by atoms with E-state index in [0.717, 1.165) is 5.56 Å². The van der Waals surface area contributed by atoms with Crippen molar-refractivity contribution in [2.24, 2.45) is 0 Å². The molecule has 0 aliphatic rings. The van der Waals surface area contributed by atoms with Gasteiger partial charge in [-0.05, 0) is 30.3 Å². The quantitative estimate of drug-likeness (QED) is 0.389. The van der Waals surface area contributed by atoms with Crippen LogP contribution >= 0.6 is 22.9 Å². The van der Waals surface area contributed by atoms with Crippen LogP contribution in [0.4, 0.5) is 11.4 Å². The molecule has 0 spiro atoms. The van der Waals surface area contributed by atoms with E-state index in [1.54, 1.807) is 48.5 Å². The Hall–Kier alpha value is -3.20. The second-order valence-corrected chi connectivity index (χ2v) is 9.55. The molecule has 0 saturated heterocycles. The third-order valence-corrected chi connectivity index (χ3v) is 7.05. The fraction of sp³-hybridized carbons (Fsp3) is 0. The molecule has 0 bridgehead atoms. The van der Waals surface area contributed by atoms with Gasteiger partial charge in [0.25, 0.3) is 15.9 Å². The number of hydrogen-bond donors (Lipinski definition) is 2. The van der Waals surface area contributed by atoms with Crippen LogP contribution in [-0.2, 0) is 10.0 Å². The number of para-hydroxylation sites is 2. The van der Waals surface area contributed by atoms with Crippen LogP contribution in [0.25, 0.3) is 10.6 Å². The molecule has 4 rings (SSSR count). The summed E-state index contributed by atoms with van der Waals surface area (Å²) >= 11 is 7.41. The van der Waals surface area contributed by atoms with Crippen molar-refractivity contribution in [3.8, 4) is 10.6 Å². The van der Waals surface area contributed by atoms with Crippen molar-refractivity contribution in [2.45, 2.75) is 4.90 Å². The lowest BCUT2D eigenvalue weighted by Gasteiger charge is -2.13. The van der Waals surface area contributed by atoms with Gasteiger partial charge in [-0.25, -0.2) is 13.4 Å². The highest BCUT2D eigenvalue weighted by Gasteiger charge is 2.18. The Balaban J connectivity index is 1.56. The molecule has 4 aromatic rings. The molecule has 0 saturated carbocycles. The molecular formula is C22H16ClN3O3S2. The standard InChI is InChI=1S/C22H16ClN3O3S2/c23-17-11-5-4-10-16(17)22-24-14-20(30-22)21(27)25-18-12-6-7-13-19(18)26-31(28,29)15-8-2-1-3-9-15/h1-14,26H,(H,25,27). The Morgan fingerprint density at radius 3 is 2.26 bits per heavy atom. The maximum atomic E-state index is 12.8. The van der Waals surface area contributed by atoms with Crippen molar-refractivity contribution < 1.29 is 13.2 Å². The van der Waals surface area contributed by atoms with Gasteiger partial charge >= 0.3 is 0 Å². The number of nitrogens with zero attached hydrogens (tertiary/aromatic N) is 1. The minimum absolute atomic E-state index is 0.128. The fourth-order valence-corrected chi connectivity index (χ4v) is 5.04. The highest BCUT2D eigenvalue weighted by atomic mass is 35.5. The summed E-state index contributed by atoms with van der Waals surface area (Å²) in [6.07, 6.45) is 1.47. The van der Waals surface area contributed by atoms with Crippen molar-refractivity contribution in [2.75, 3.05) is 10.0 Å². The molecule has 0 atom stereocenters. The van der Waals surface area contributed by atoms with E-state index in [-0.39, 0.29) is 10.6 Å². The van der Waals surface area contributed by atoms with Crippen LogP contribution in [0, 0.1) is 0 Å². The molecule has 3 aromatic carbocycles. The van der Waals surface area contributed by atoms with Crippen molar-refractivity contribution in [1.82, 2.24) is 4.98 Å². The van der Waals surface area contributed by atoms with Crippen LogP contribution in [0.2, 0.25) is 5.02 Å². The second kappa shape index (κ2) is 8.89. The van der Waals surface area contributed by atoms with Gasteiger partial charge in [0.1, 0.15) is 9.88 Å². The van der Waals surface area contributed by atoms with E-state index in [1.807, 2.05) is 18.2 Å². The molecule has 0 radical (unpaired) electrons. The third kappa shape index (κ3) is 4.77. The Morgan fingerprint density at radius 1 is 0.871 bits per heavy atom. The molecule has 0 aliphatic carbocycles. The fourth-order valence-electron chi connectivity index (χ4n) is 2.81. The number of anilines is 2. The maximum absolute atomic E-state index is 12.8. The molecule has 1 amide bonds. The van der Waals surface area contributed by atoms with E-state index in [9.17, 15) is 13.2 Å². The molecule has 31 heavy (non-hydrogen) atoms. The third-order valence-electron chi connectivity index (χ3n) is 4.31. The van der Waals surface area contributed by atoms with Crippen LogP contribution in [0.15, 0.2) is 90.0 Å². The molecule has 0 unspecified atom stereocenters. The van der Waals surface area contributed by atoms with Gasteiger partial charge in [-0.2, -0.15) is 0 Å². The molecule has 156 valence electrons. The lowest BCUT2D eigenvalue weighted by molar-refractivity contribution is 0.103. The monoisotopic (exact) mass is 469 g/mol. The number of thiazole rings is 1. The van der Waals surface area contributed by atoms with Crippen LogP contribution in [0.1, 0.15) is 9.67 Å². The normalized spacial score (nSPS) is 11.1. The van der Waals surface area contributed by atoms with Gasteiger partial charge in [0, 0.05) is 5.56 Å². The number of carbonyl (C=O) groups excluding carboxylic acids is 1. The van der Waals surface area contributed by atoms with Crippen molar-refractivity contribution >= 4 is 50.2 Å². The highest BCUT2D eigenvalue weighted by molar-refractivity contribution is 7.92. The lowest BCUT2D eigenvalue weighted by atomic mass is 10.2. The predicted molar refractivity (Wildman–Crippen MR) is 124 cm³/mol. The summed E-state index contributed by atoms with van der Waals surface area (Å²) in [5, 5.41) is 3.92. The number of rotatable bonds is 6. The average Bonchev–Trinajstić information content (AvgIpc) is 3.26. The van der Waals surface area contributed by atoms with Gasteiger partial charge in [0.15, 0.2) is 0 Å². The van der Waals surface area contributed by atoms with E-state index in [1.165, 1.54) is 29.7 Å². The zero-order valence-corrected chi connectivity index (χ0v) is 18.3. The Morgan fingerprint density at radius 2 is 1.52 bits per heavy atom. The summed E-state index contributed by atoms with van der Waals surface area (Å²) in [7, 11) is -3.80. The average molecular weight is 470 g/mol. The Labute approximate surface area is 188 Å². The SMILES string of the molecule is O=C(Nc1ccccc1NS(=O)(=O)c1ccccc1)c1cnc(-c2ccccc2Cl)s1. The van der Waals surface area contributed by atoms with Crippen LogP contribution < -0.4 is 10.0 Å². The number of aromatic nitrogens is 1. The number of amides is 1. The number of benzene rings is 3. The number of hydrogen-bond acceptors (Lipinski definition) is 5. The topological polar surface area (TPSA) is 88.2 Å². The highest BCUT2D eigenvalue weighted by Crippen LogP contribution is 2.32. The lowest BCUT2D eigenvalue weighted by Crippen LogP contribution is -2.16. The molecular weight excluding hydrogens is 454 g/mol. The van der Waals surface area contributed by atoms with Gasteiger partial charge in [-0.3, -0.25) is 9.52 Å². The zero-order valence-electron chi connectivity index (χ0n) is 15.9. The molecule has 0 aliphatic heterocycles. The van der Waals surface area contributed by atoms with Gasteiger partial charge in [-0.15, -0.1) is 11.3 Å². The maximum Gasteiger partial charge on any atom is 0.267 e. The largest absolute Gasteiger partial charge is 0.319 e. The van der Waals surface area contributed by atoms with Crippen LogP contribution in [-0.4, -0.2) is 19.3 Å². The first kappa shape index (κ1) is 21.0. The van der Waals surface area contributed by atoms with Crippen molar-refractivity contribution in [1.29, 1.82) is 0 Å². The number of halogens is 1. The minimum Gasteiger partial charge on any atom is -0.319 e. The van der Waals surface area contributed by atoms with E-state index in [0.29, 0.717) is 20.6 Å². The summed E-state index contributed by atoms with van der Waals surface area (Å²) in [4.78, 5) is 17.6. The first-order valence-electron chi connectivity index (χ1n) is 9.13. The second-order valence-electron chi connectivity index (χ2n) is 6.43. The van der Waals surface area contributed by atoms with Crippen molar-refractivity contribution in [3.05, 3.63) is 95.0 Å². The minimum atomic E-state index is -3.80. The molecule has 1 aromatic heterocycles.